The highest BCUT2D eigenvalue weighted by Crippen LogP contribution is 2.69. The molecule has 4 saturated carbocycles. The minimum Gasteiger partial charge on any atom is -0.454 e. The molecule has 4 bridgehead atoms. The maximum Gasteiger partial charge on any atom is 0.264 e. The molecule has 7 heteroatoms. The van der Waals surface area contributed by atoms with Crippen LogP contribution in [0.3, 0.4) is 0 Å². The largest absolute Gasteiger partial charge is 0.454 e. The van der Waals surface area contributed by atoms with Gasteiger partial charge in [-0.25, -0.2) is 13.1 Å². The van der Waals surface area contributed by atoms with Gasteiger partial charge in [0.05, 0.1) is 10.3 Å². The third-order valence-corrected chi connectivity index (χ3v) is 8.32. The predicted octanol–water partition coefficient (Wildman–Crippen LogP) is 3.22. The lowest BCUT2D eigenvalue weighted by Crippen LogP contribution is -2.60. The number of rotatable bonds is 3. The molecule has 146 valence electrons. The molecule has 1 aromatic rings. The number of benzene rings is 1. The summed E-state index contributed by atoms with van der Waals surface area (Å²) in [5.41, 5.74) is -0.269. The highest BCUT2D eigenvalue weighted by atomic mass is 32.2. The molecule has 6 rings (SSSR count). The molecule has 1 aromatic carbocycles. The smallest absolute Gasteiger partial charge is 0.264 e. The molecule has 2 atom stereocenters. The van der Waals surface area contributed by atoms with Crippen molar-refractivity contribution in [2.75, 3.05) is 6.79 Å². The number of fused-ring (bicyclic) bond motifs is 1. The van der Waals surface area contributed by atoms with Crippen LogP contribution in [0.2, 0.25) is 0 Å². The number of nitrogens with one attached hydrogen (secondary N) is 1. The van der Waals surface area contributed by atoms with Gasteiger partial charge in [-0.3, -0.25) is 4.79 Å². The van der Waals surface area contributed by atoms with Crippen molar-refractivity contribution in [2.24, 2.45) is 22.2 Å². The van der Waals surface area contributed by atoms with E-state index in [-0.39, 0.29) is 28.4 Å². The third-order valence-electron chi connectivity index (χ3n) is 6.99. The van der Waals surface area contributed by atoms with E-state index in [1.54, 1.807) is 6.07 Å². The molecular formula is C20H25NO5S. The number of carbonyl (C=O) groups is 1. The van der Waals surface area contributed by atoms with Gasteiger partial charge in [0.25, 0.3) is 10.0 Å². The first-order chi connectivity index (χ1) is 12.6. The van der Waals surface area contributed by atoms with Crippen LogP contribution in [0.1, 0.15) is 52.4 Å². The van der Waals surface area contributed by atoms with E-state index in [2.05, 4.69) is 18.6 Å². The summed E-state index contributed by atoms with van der Waals surface area (Å²) in [5.74, 6) is 1.10. The third kappa shape index (κ3) is 2.65. The Labute approximate surface area is 159 Å². The van der Waals surface area contributed by atoms with E-state index in [9.17, 15) is 13.2 Å². The maximum absolute atomic E-state index is 13.3. The molecule has 5 aliphatic rings. The molecule has 4 fully saturated rings. The number of ether oxygens (including phenoxy) is 2. The van der Waals surface area contributed by atoms with E-state index < -0.39 is 15.4 Å². The van der Waals surface area contributed by atoms with Gasteiger partial charge in [-0.2, -0.15) is 0 Å². The first kappa shape index (κ1) is 17.3. The molecule has 1 heterocycles. The molecule has 4 aliphatic carbocycles. The minimum absolute atomic E-state index is 0.0299. The zero-order chi connectivity index (χ0) is 19.1. The Morgan fingerprint density at radius 1 is 1.04 bits per heavy atom. The number of carbonyl (C=O) groups excluding carboxylic acids is 1. The molecule has 6 nitrogen and oxygen atoms in total. The van der Waals surface area contributed by atoms with Gasteiger partial charge in [-0.05, 0) is 67.4 Å². The SMILES string of the molecule is CC12CC3CC(C)(C1)CC(C(=O)NS(=O)(=O)c1ccc4c(c1)OCO4)(C3)C2. The predicted molar refractivity (Wildman–Crippen MR) is 97.7 cm³/mol. The fraction of sp³-hybridized carbons (Fsp3) is 0.650. The number of hydrogen-bond acceptors (Lipinski definition) is 5. The topological polar surface area (TPSA) is 81.7 Å². The molecular weight excluding hydrogens is 366 g/mol. The Hall–Kier alpha value is -1.76. The normalized spacial score (nSPS) is 38.8. The van der Waals surface area contributed by atoms with Crippen molar-refractivity contribution in [2.45, 2.75) is 57.3 Å². The van der Waals surface area contributed by atoms with Gasteiger partial charge in [-0.1, -0.05) is 13.8 Å². The van der Waals surface area contributed by atoms with E-state index >= 15 is 0 Å². The van der Waals surface area contributed by atoms with Crippen LogP contribution in [0.4, 0.5) is 0 Å². The zero-order valence-electron chi connectivity index (χ0n) is 15.7. The molecule has 0 saturated heterocycles. The lowest BCUT2D eigenvalue weighted by molar-refractivity contribution is -0.168. The second-order valence-corrected chi connectivity index (χ2v) is 11.5. The monoisotopic (exact) mass is 391 g/mol. The molecule has 0 spiro atoms. The van der Waals surface area contributed by atoms with Crippen molar-refractivity contribution < 1.29 is 22.7 Å². The van der Waals surface area contributed by atoms with Gasteiger partial charge < -0.3 is 9.47 Å². The van der Waals surface area contributed by atoms with Crippen molar-refractivity contribution in [1.29, 1.82) is 0 Å². The highest BCUT2D eigenvalue weighted by Gasteiger charge is 2.63. The fourth-order valence-electron chi connectivity index (χ4n) is 7.03. The average Bonchev–Trinajstić information content (AvgIpc) is 2.98. The Morgan fingerprint density at radius 2 is 1.70 bits per heavy atom. The summed E-state index contributed by atoms with van der Waals surface area (Å²) in [4.78, 5) is 13.3. The fourth-order valence-corrected chi connectivity index (χ4v) is 8.12. The van der Waals surface area contributed by atoms with Crippen LogP contribution in [-0.2, 0) is 14.8 Å². The zero-order valence-corrected chi connectivity index (χ0v) is 16.5. The molecule has 2 unspecified atom stereocenters. The van der Waals surface area contributed by atoms with Crippen LogP contribution in [0, 0.1) is 22.2 Å². The Morgan fingerprint density at radius 3 is 2.37 bits per heavy atom. The second-order valence-electron chi connectivity index (χ2n) is 9.86. The Kier molecular flexibility index (Phi) is 3.33. The minimum atomic E-state index is -3.95. The first-order valence-electron chi connectivity index (χ1n) is 9.58. The van der Waals surface area contributed by atoms with Gasteiger partial charge >= 0.3 is 0 Å². The van der Waals surface area contributed by atoms with Crippen molar-refractivity contribution in [3.8, 4) is 11.5 Å². The molecule has 27 heavy (non-hydrogen) atoms. The van der Waals surface area contributed by atoms with Crippen LogP contribution >= 0.6 is 0 Å². The van der Waals surface area contributed by atoms with Gasteiger partial charge in [0.2, 0.25) is 12.7 Å². The number of sulfonamides is 1. The van der Waals surface area contributed by atoms with Crippen molar-refractivity contribution in [1.82, 2.24) is 4.72 Å². The van der Waals surface area contributed by atoms with Crippen LogP contribution < -0.4 is 14.2 Å². The summed E-state index contributed by atoms with van der Waals surface area (Å²) in [6, 6.07) is 4.43. The van der Waals surface area contributed by atoms with Gasteiger partial charge in [0.1, 0.15) is 0 Å². The van der Waals surface area contributed by atoms with Gasteiger partial charge in [0.15, 0.2) is 11.5 Å². The molecule has 1 N–H and O–H groups in total. The standard InChI is InChI=1S/C20H25NO5S/c1-18-6-13-7-19(2,9-18)11-20(8-13,10-18)17(22)21-27(23,24)14-3-4-15-16(5-14)26-12-25-15/h3-5,13H,6-12H2,1-2H3,(H,21,22). The van der Waals surface area contributed by atoms with Crippen molar-refractivity contribution >= 4 is 15.9 Å². The van der Waals surface area contributed by atoms with Crippen molar-refractivity contribution in [3.05, 3.63) is 18.2 Å². The summed E-state index contributed by atoms with van der Waals surface area (Å²) >= 11 is 0. The average molecular weight is 391 g/mol. The quantitative estimate of drug-likeness (QED) is 0.856. The first-order valence-corrected chi connectivity index (χ1v) is 11.1. The maximum atomic E-state index is 13.3. The Balaban J connectivity index is 1.43. The summed E-state index contributed by atoms with van der Waals surface area (Å²) in [5, 5.41) is 0. The summed E-state index contributed by atoms with van der Waals surface area (Å²) in [7, 11) is -3.95. The van der Waals surface area contributed by atoms with E-state index in [1.807, 2.05) is 0 Å². The molecule has 1 aliphatic heterocycles. The van der Waals surface area contributed by atoms with E-state index in [0.29, 0.717) is 17.4 Å². The van der Waals surface area contributed by atoms with E-state index in [0.717, 1.165) is 38.5 Å². The second kappa shape index (κ2) is 5.19. The summed E-state index contributed by atoms with van der Waals surface area (Å²) in [6.45, 7) is 4.61. The lowest BCUT2D eigenvalue weighted by Gasteiger charge is -2.64. The van der Waals surface area contributed by atoms with Crippen LogP contribution in [0.5, 0.6) is 11.5 Å². The Bertz CT molecular complexity index is 922. The summed E-state index contributed by atoms with van der Waals surface area (Å²) in [6.07, 6.45) is 5.84. The molecule has 0 aromatic heterocycles. The summed E-state index contributed by atoms with van der Waals surface area (Å²) < 4.78 is 38.6. The van der Waals surface area contributed by atoms with Crippen LogP contribution in [-0.4, -0.2) is 21.1 Å². The highest BCUT2D eigenvalue weighted by molar-refractivity contribution is 7.90. The van der Waals surface area contributed by atoms with Crippen LogP contribution in [0.15, 0.2) is 23.1 Å². The molecule has 1 amide bonds. The van der Waals surface area contributed by atoms with E-state index in [1.165, 1.54) is 12.1 Å². The van der Waals surface area contributed by atoms with Crippen molar-refractivity contribution in [3.63, 3.8) is 0 Å². The van der Waals surface area contributed by atoms with Crippen LogP contribution in [0.25, 0.3) is 0 Å². The number of amides is 1. The van der Waals surface area contributed by atoms with E-state index in [4.69, 9.17) is 9.47 Å². The molecule has 0 radical (unpaired) electrons. The lowest BCUT2D eigenvalue weighted by atomic mass is 9.40. The van der Waals surface area contributed by atoms with Gasteiger partial charge in [0, 0.05) is 6.07 Å². The van der Waals surface area contributed by atoms with Gasteiger partial charge in [-0.15, -0.1) is 0 Å². The number of hydrogen-bond donors (Lipinski definition) is 1.